The van der Waals surface area contributed by atoms with Crippen LogP contribution in [0, 0.1) is 5.41 Å². The number of anilines is 2. The van der Waals surface area contributed by atoms with Gasteiger partial charge in [-0.05, 0) is 43.0 Å². The molecule has 2 aromatic rings. The van der Waals surface area contributed by atoms with E-state index >= 15 is 0 Å². The number of nitrogens with one attached hydrogen (secondary N) is 1. The van der Waals surface area contributed by atoms with E-state index in [-0.39, 0.29) is 5.84 Å². The first-order valence-electron chi connectivity index (χ1n) is 6.91. The highest BCUT2D eigenvalue weighted by Crippen LogP contribution is 2.31. The monoisotopic (exact) mass is 266 g/mol. The highest BCUT2D eigenvalue weighted by atomic mass is 15.2. The number of nitrogens with zero attached hydrogens (tertiary/aromatic N) is 2. The largest absolute Gasteiger partial charge is 0.384 e. The number of fused-ring (bicyclic) bond motifs is 1. The van der Waals surface area contributed by atoms with Crippen molar-refractivity contribution < 1.29 is 0 Å². The van der Waals surface area contributed by atoms with E-state index in [1.807, 2.05) is 12.1 Å². The Morgan fingerprint density at radius 2 is 2.00 bits per heavy atom. The molecule has 1 aliphatic heterocycles. The molecule has 2 heterocycles. The van der Waals surface area contributed by atoms with Gasteiger partial charge in [-0.3, -0.25) is 5.41 Å². The lowest BCUT2D eigenvalue weighted by Crippen LogP contribution is -2.19. The third-order valence-electron chi connectivity index (χ3n) is 3.70. The van der Waals surface area contributed by atoms with E-state index in [1.165, 1.54) is 17.7 Å². The summed E-state index contributed by atoms with van der Waals surface area (Å²) >= 11 is 0. The molecule has 0 atom stereocenters. The molecule has 1 aliphatic rings. The lowest BCUT2D eigenvalue weighted by atomic mass is 10.1. The fourth-order valence-corrected chi connectivity index (χ4v) is 2.63. The van der Waals surface area contributed by atoms with E-state index in [1.54, 1.807) is 6.20 Å². The fourth-order valence-electron chi connectivity index (χ4n) is 2.63. The Morgan fingerprint density at radius 1 is 1.15 bits per heavy atom. The van der Waals surface area contributed by atoms with Gasteiger partial charge in [0.05, 0.1) is 0 Å². The summed E-state index contributed by atoms with van der Waals surface area (Å²) < 4.78 is 0. The Balaban J connectivity index is 1.98. The second-order valence-electron chi connectivity index (χ2n) is 5.06. The number of nitrogen functional groups attached to an aromatic ring is 1. The standard InChI is InChI=1S/C16H18N4/c17-16(18)13-8-9-15(19-11-13)20-10-4-3-6-12-5-1-2-7-14(12)20/h1-2,5,7-9,11H,3-4,6,10H2,(H3,17,18). The first kappa shape index (κ1) is 12.7. The molecule has 0 unspecified atom stereocenters. The van der Waals surface area contributed by atoms with Gasteiger partial charge in [0.1, 0.15) is 11.7 Å². The van der Waals surface area contributed by atoms with Gasteiger partial charge in [0.25, 0.3) is 0 Å². The summed E-state index contributed by atoms with van der Waals surface area (Å²) in [6.07, 6.45) is 5.16. The molecule has 3 N–H and O–H groups in total. The first-order valence-corrected chi connectivity index (χ1v) is 6.91. The smallest absolute Gasteiger partial charge is 0.132 e. The van der Waals surface area contributed by atoms with Gasteiger partial charge in [-0.1, -0.05) is 18.2 Å². The van der Waals surface area contributed by atoms with Crippen LogP contribution in [0.4, 0.5) is 11.5 Å². The molecular weight excluding hydrogens is 248 g/mol. The predicted molar refractivity (Wildman–Crippen MR) is 81.6 cm³/mol. The summed E-state index contributed by atoms with van der Waals surface area (Å²) in [5, 5.41) is 7.43. The van der Waals surface area contributed by atoms with Crippen molar-refractivity contribution in [1.82, 2.24) is 4.98 Å². The molecule has 0 saturated heterocycles. The number of pyridine rings is 1. The third-order valence-corrected chi connectivity index (χ3v) is 3.70. The lowest BCUT2D eigenvalue weighted by Gasteiger charge is -2.24. The molecule has 0 aliphatic carbocycles. The lowest BCUT2D eigenvalue weighted by molar-refractivity contribution is 0.758. The number of para-hydroxylation sites is 1. The van der Waals surface area contributed by atoms with Crippen molar-refractivity contribution in [2.24, 2.45) is 5.73 Å². The van der Waals surface area contributed by atoms with Crippen molar-refractivity contribution in [2.75, 3.05) is 11.4 Å². The molecule has 3 rings (SSSR count). The molecule has 4 nitrogen and oxygen atoms in total. The molecule has 102 valence electrons. The maximum absolute atomic E-state index is 7.43. The maximum Gasteiger partial charge on any atom is 0.132 e. The molecule has 0 spiro atoms. The number of rotatable bonds is 2. The second-order valence-corrected chi connectivity index (χ2v) is 5.06. The fraction of sp³-hybridized carbons (Fsp3) is 0.250. The predicted octanol–water partition coefficient (Wildman–Crippen LogP) is 2.84. The number of aryl methyl sites for hydroxylation is 1. The van der Waals surface area contributed by atoms with Gasteiger partial charge in [-0.2, -0.15) is 0 Å². The van der Waals surface area contributed by atoms with Gasteiger partial charge >= 0.3 is 0 Å². The minimum Gasteiger partial charge on any atom is -0.384 e. The van der Waals surface area contributed by atoms with Crippen molar-refractivity contribution in [3.05, 3.63) is 53.7 Å². The Hall–Kier alpha value is -2.36. The molecule has 1 aromatic heterocycles. The van der Waals surface area contributed by atoms with Crippen molar-refractivity contribution in [3.63, 3.8) is 0 Å². The van der Waals surface area contributed by atoms with Crippen LogP contribution in [-0.4, -0.2) is 17.4 Å². The number of hydrogen-bond donors (Lipinski definition) is 2. The summed E-state index contributed by atoms with van der Waals surface area (Å²) in [6, 6.07) is 12.3. The molecule has 0 bridgehead atoms. The quantitative estimate of drug-likeness (QED) is 0.649. The number of hydrogen-bond acceptors (Lipinski definition) is 3. The summed E-state index contributed by atoms with van der Waals surface area (Å²) in [5.41, 5.74) is 8.76. The Kier molecular flexibility index (Phi) is 3.37. The van der Waals surface area contributed by atoms with E-state index in [9.17, 15) is 0 Å². The van der Waals surface area contributed by atoms with E-state index in [0.717, 1.165) is 25.2 Å². The van der Waals surface area contributed by atoms with E-state index in [4.69, 9.17) is 11.1 Å². The number of nitrogens with two attached hydrogens (primary N) is 1. The molecule has 1 aromatic carbocycles. The van der Waals surface area contributed by atoms with Crippen molar-refractivity contribution >= 4 is 17.3 Å². The first-order chi connectivity index (χ1) is 9.75. The van der Waals surface area contributed by atoms with Crippen LogP contribution in [0.2, 0.25) is 0 Å². The normalized spacial score (nSPS) is 14.5. The van der Waals surface area contributed by atoms with E-state index < -0.39 is 0 Å². The maximum atomic E-state index is 7.43. The van der Waals surface area contributed by atoms with Crippen LogP contribution in [0.1, 0.15) is 24.0 Å². The Labute approximate surface area is 118 Å². The van der Waals surface area contributed by atoms with Gasteiger partial charge < -0.3 is 10.6 Å². The molecule has 0 fully saturated rings. The SMILES string of the molecule is N=C(N)c1ccc(N2CCCCc3ccccc32)nc1. The molecule has 0 saturated carbocycles. The van der Waals surface area contributed by atoms with Crippen LogP contribution >= 0.6 is 0 Å². The summed E-state index contributed by atoms with van der Waals surface area (Å²) in [6.45, 7) is 0.976. The third kappa shape index (κ3) is 2.37. The zero-order valence-corrected chi connectivity index (χ0v) is 11.3. The van der Waals surface area contributed by atoms with Gasteiger partial charge in [-0.15, -0.1) is 0 Å². The van der Waals surface area contributed by atoms with Crippen LogP contribution < -0.4 is 10.6 Å². The van der Waals surface area contributed by atoms with Crippen LogP contribution in [0.15, 0.2) is 42.6 Å². The number of benzene rings is 1. The van der Waals surface area contributed by atoms with Crippen LogP contribution in [-0.2, 0) is 6.42 Å². The second kappa shape index (κ2) is 5.33. The summed E-state index contributed by atoms with van der Waals surface area (Å²) in [7, 11) is 0. The van der Waals surface area contributed by atoms with Crippen LogP contribution in [0.25, 0.3) is 0 Å². The minimum absolute atomic E-state index is 0.0558. The zero-order chi connectivity index (χ0) is 13.9. The molecule has 20 heavy (non-hydrogen) atoms. The highest BCUT2D eigenvalue weighted by Gasteiger charge is 2.17. The molecule has 0 amide bonds. The van der Waals surface area contributed by atoms with Gasteiger partial charge in [0.15, 0.2) is 0 Å². The molecule has 0 radical (unpaired) electrons. The van der Waals surface area contributed by atoms with Crippen molar-refractivity contribution in [2.45, 2.75) is 19.3 Å². The van der Waals surface area contributed by atoms with E-state index in [2.05, 4.69) is 34.1 Å². The van der Waals surface area contributed by atoms with E-state index in [0.29, 0.717) is 5.56 Å². The number of aromatic nitrogens is 1. The average Bonchev–Trinajstić information content (AvgIpc) is 2.69. The summed E-state index contributed by atoms with van der Waals surface area (Å²) in [5.74, 6) is 0.977. The average molecular weight is 266 g/mol. The Morgan fingerprint density at radius 3 is 2.75 bits per heavy atom. The van der Waals surface area contributed by atoms with Crippen molar-refractivity contribution in [3.8, 4) is 0 Å². The minimum atomic E-state index is 0.0558. The molecule has 4 heteroatoms. The van der Waals surface area contributed by atoms with Crippen molar-refractivity contribution in [1.29, 1.82) is 5.41 Å². The Bertz CT molecular complexity index is 619. The van der Waals surface area contributed by atoms with Crippen LogP contribution in [0.3, 0.4) is 0 Å². The van der Waals surface area contributed by atoms with Gasteiger partial charge in [-0.25, -0.2) is 4.98 Å². The summed E-state index contributed by atoms with van der Waals surface area (Å²) in [4.78, 5) is 6.73. The number of amidine groups is 1. The molecular formula is C16H18N4. The topological polar surface area (TPSA) is 66.0 Å². The zero-order valence-electron chi connectivity index (χ0n) is 11.3. The van der Waals surface area contributed by atoms with Gasteiger partial charge in [0, 0.05) is 24.0 Å². The highest BCUT2D eigenvalue weighted by molar-refractivity contribution is 5.94. The van der Waals surface area contributed by atoms with Gasteiger partial charge in [0.2, 0.25) is 0 Å². The van der Waals surface area contributed by atoms with Crippen LogP contribution in [0.5, 0.6) is 0 Å².